The molecule has 3 aromatic rings. The molecule has 0 saturated carbocycles. The van der Waals surface area contributed by atoms with Crippen molar-refractivity contribution in [1.82, 2.24) is 15.0 Å². The first-order chi connectivity index (χ1) is 18.0. The Balaban J connectivity index is 1.47. The molecular weight excluding hydrogens is 474 g/mol. The van der Waals surface area contributed by atoms with Gasteiger partial charge in [0, 0.05) is 31.3 Å². The summed E-state index contributed by atoms with van der Waals surface area (Å²) >= 11 is 0. The first-order valence-electron chi connectivity index (χ1n) is 12.4. The van der Waals surface area contributed by atoms with Crippen molar-refractivity contribution in [3.05, 3.63) is 71.9 Å². The van der Waals surface area contributed by atoms with E-state index < -0.39 is 5.91 Å². The van der Waals surface area contributed by atoms with E-state index in [0.29, 0.717) is 44.0 Å². The third-order valence-corrected chi connectivity index (χ3v) is 6.40. The Morgan fingerprint density at radius 3 is 2.41 bits per heavy atom. The Morgan fingerprint density at radius 2 is 1.76 bits per heavy atom. The lowest BCUT2D eigenvalue weighted by Crippen LogP contribution is -2.46. The number of carbonyl (C=O) groups is 3. The predicted molar refractivity (Wildman–Crippen MR) is 136 cm³/mol. The molecule has 0 atom stereocenters. The topological polar surface area (TPSA) is 102 Å². The molecule has 1 fully saturated rings. The van der Waals surface area contributed by atoms with Crippen LogP contribution in [-0.2, 0) is 20.9 Å². The molecule has 2 aromatic carbocycles. The highest BCUT2D eigenvalue weighted by atomic mass is 16.5. The number of nitrogens with zero attached hydrogens (tertiary/aromatic N) is 3. The average molecular weight is 506 g/mol. The number of ether oxygens (including phenoxy) is 2. The predicted octanol–water partition coefficient (Wildman–Crippen LogP) is 3.79. The quantitative estimate of drug-likeness (QED) is 0.408. The summed E-state index contributed by atoms with van der Waals surface area (Å²) in [6.07, 6.45) is 1.09. The van der Waals surface area contributed by atoms with Crippen molar-refractivity contribution < 1.29 is 28.4 Å². The van der Waals surface area contributed by atoms with Crippen LogP contribution >= 0.6 is 0 Å². The summed E-state index contributed by atoms with van der Waals surface area (Å²) in [4.78, 5) is 41.9. The second-order valence-electron chi connectivity index (χ2n) is 8.86. The molecular formula is C28H31N3O6. The van der Waals surface area contributed by atoms with Gasteiger partial charge in [-0.2, -0.15) is 0 Å². The van der Waals surface area contributed by atoms with Crippen LogP contribution in [0, 0.1) is 5.92 Å². The molecule has 9 nitrogen and oxygen atoms in total. The number of amides is 2. The van der Waals surface area contributed by atoms with E-state index in [9.17, 15) is 14.4 Å². The van der Waals surface area contributed by atoms with Crippen LogP contribution in [0.4, 0.5) is 0 Å². The molecule has 2 heterocycles. The van der Waals surface area contributed by atoms with Gasteiger partial charge in [0.2, 0.25) is 5.91 Å². The second kappa shape index (κ2) is 12.2. The van der Waals surface area contributed by atoms with Crippen LogP contribution < -0.4 is 4.74 Å². The van der Waals surface area contributed by atoms with Gasteiger partial charge in [-0.3, -0.25) is 14.4 Å². The maximum Gasteiger partial charge on any atom is 0.309 e. The van der Waals surface area contributed by atoms with Gasteiger partial charge in [0.25, 0.3) is 5.91 Å². The molecule has 194 valence electrons. The Kier molecular flexibility index (Phi) is 8.56. The smallest absolute Gasteiger partial charge is 0.309 e. The molecule has 0 aliphatic carbocycles. The van der Waals surface area contributed by atoms with Crippen molar-refractivity contribution in [3.63, 3.8) is 0 Å². The van der Waals surface area contributed by atoms with E-state index in [1.165, 1.54) is 4.90 Å². The van der Waals surface area contributed by atoms with Crippen LogP contribution in [-0.4, -0.2) is 66.1 Å². The zero-order valence-corrected chi connectivity index (χ0v) is 21.1. The fraction of sp³-hybridized carbons (Fsp3) is 0.357. The minimum absolute atomic E-state index is 0.109. The van der Waals surface area contributed by atoms with Crippen LogP contribution in [0.1, 0.15) is 35.8 Å². The zero-order chi connectivity index (χ0) is 26.2. The number of likely N-dealkylation sites (tertiary alicyclic amines) is 1. The van der Waals surface area contributed by atoms with Crippen molar-refractivity contribution in [1.29, 1.82) is 0 Å². The molecule has 0 bridgehead atoms. The van der Waals surface area contributed by atoms with Gasteiger partial charge in [-0.1, -0.05) is 35.5 Å². The van der Waals surface area contributed by atoms with Gasteiger partial charge < -0.3 is 23.8 Å². The summed E-state index contributed by atoms with van der Waals surface area (Å²) in [5.41, 5.74) is 1.77. The SMILES string of the molecule is CCOC(=O)C1CCN(C(=O)CN(Cc2ccccc2)C(=O)c2cc(-c3ccc(OC)cc3)on2)CC1. The molecule has 1 saturated heterocycles. The van der Waals surface area contributed by atoms with Crippen LogP contribution in [0.3, 0.4) is 0 Å². The molecule has 1 aliphatic rings. The average Bonchev–Trinajstić information content (AvgIpc) is 3.43. The van der Waals surface area contributed by atoms with Crippen LogP contribution in [0.5, 0.6) is 5.75 Å². The molecule has 0 radical (unpaired) electrons. The summed E-state index contributed by atoms with van der Waals surface area (Å²) in [6, 6.07) is 18.3. The highest BCUT2D eigenvalue weighted by molar-refractivity contribution is 5.95. The monoisotopic (exact) mass is 505 g/mol. The molecule has 37 heavy (non-hydrogen) atoms. The highest BCUT2D eigenvalue weighted by Crippen LogP contribution is 2.24. The van der Waals surface area contributed by atoms with E-state index in [1.54, 1.807) is 37.1 Å². The van der Waals surface area contributed by atoms with Crippen molar-refractivity contribution in [2.45, 2.75) is 26.3 Å². The summed E-state index contributed by atoms with van der Waals surface area (Å²) in [5, 5.41) is 3.99. The van der Waals surface area contributed by atoms with Crippen molar-refractivity contribution in [2.24, 2.45) is 5.92 Å². The normalized spacial score (nSPS) is 13.7. The van der Waals surface area contributed by atoms with E-state index >= 15 is 0 Å². The van der Waals surface area contributed by atoms with Gasteiger partial charge in [0.05, 0.1) is 19.6 Å². The fourth-order valence-electron chi connectivity index (χ4n) is 4.32. The van der Waals surface area contributed by atoms with Crippen molar-refractivity contribution in [3.8, 4) is 17.1 Å². The van der Waals surface area contributed by atoms with Gasteiger partial charge in [0.15, 0.2) is 11.5 Å². The zero-order valence-electron chi connectivity index (χ0n) is 21.1. The molecule has 0 spiro atoms. The summed E-state index contributed by atoms with van der Waals surface area (Å²) < 4.78 is 15.7. The molecule has 1 aromatic heterocycles. The highest BCUT2D eigenvalue weighted by Gasteiger charge is 2.30. The Morgan fingerprint density at radius 1 is 1.05 bits per heavy atom. The van der Waals surface area contributed by atoms with Gasteiger partial charge in [-0.15, -0.1) is 0 Å². The molecule has 1 aliphatic heterocycles. The van der Waals surface area contributed by atoms with Gasteiger partial charge in [-0.25, -0.2) is 0 Å². The van der Waals surface area contributed by atoms with Crippen molar-refractivity contribution >= 4 is 17.8 Å². The standard InChI is InChI=1S/C28H31N3O6/c1-3-36-28(34)22-13-15-30(16-14-22)26(32)19-31(18-20-7-5-4-6-8-20)27(33)24-17-25(37-29-24)21-9-11-23(35-2)12-10-21/h4-12,17,22H,3,13-16,18-19H2,1-2H3. The minimum Gasteiger partial charge on any atom is -0.497 e. The largest absolute Gasteiger partial charge is 0.497 e. The minimum atomic E-state index is -0.401. The van der Waals surface area contributed by atoms with Crippen LogP contribution in [0.15, 0.2) is 65.2 Å². The number of carbonyl (C=O) groups excluding carboxylic acids is 3. The van der Waals surface area contributed by atoms with Gasteiger partial charge >= 0.3 is 5.97 Å². The summed E-state index contributed by atoms with van der Waals surface area (Å²) in [6.45, 7) is 3.15. The third kappa shape index (κ3) is 6.55. The lowest BCUT2D eigenvalue weighted by molar-refractivity contribution is -0.151. The number of hydrogen-bond donors (Lipinski definition) is 0. The van der Waals surface area contributed by atoms with Crippen molar-refractivity contribution in [2.75, 3.05) is 33.4 Å². The van der Waals surface area contributed by atoms with Gasteiger partial charge in [0.1, 0.15) is 12.3 Å². The first kappa shape index (κ1) is 25.9. The van der Waals surface area contributed by atoms with E-state index in [-0.39, 0.29) is 36.6 Å². The maximum atomic E-state index is 13.5. The first-order valence-corrected chi connectivity index (χ1v) is 12.4. The molecule has 2 amide bonds. The van der Waals surface area contributed by atoms with Crippen LogP contribution in [0.2, 0.25) is 0 Å². The summed E-state index contributed by atoms with van der Waals surface area (Å²) in [5.74, 6) is 0.163. The number of rotatable bonds is 9. The number of piperidine rings is 1. The third-order valence-electron chi connectivity index (χ3n) is 6.40. The number of hydrogen-bond acceptors (Lipinski definition) is 7. The van der Waals surface area contributed by atoms with Gasteiger partial charge in [-0.05, 0) is 49.6 Å². The Hall–Kier alpha value is -4.14. The lowest BCUT2D eigenvalue weighted by atomic mass is 9.97. The van der Waals surface area contributed by atoms with E-state index in [2.05, 4.69) is 5.16 Å². The molecule has 9 heteroatoms. The molecule has 4 rings (SSSR count). The van der Waals surface area contributed by atoms with Crippen LogP contribution in [0.25, 0.3) is 11.3 Å². The number of aromatic nitrogens is 1. The van der Waals surface area contributed by atoms with E-state index in [4.69, 9.17) is 14.0 Å². The fourth-order valence-corrected chi connectivity index (χ4v) is 4.32. The van der Waals surface area contributed by atoms with E-state index in [0.717, 1.165) is 11.1 Å². The number of methoxy groups -OCH3 is 1. The summed E-state index contributed by atoms with van der Waals surface area (Å²) in [7, 11) is 1.59. The maximum absolute atomic E-state index is 13.5. The second-order valence-corrected chi connectivity index (χ2v) is 8.86. The molecule has 0 N–H and O–H groups in total. The molecule has 0 unspecified atom stereocenters. The number of esters is 1. The Labute approximate surface area is 215 Å². The van der Waals surface area contributed by atoms with E-state index in [1.807, 2.05) is 42.5 Å². The lowest BCUT2D eigenvalue weighted by Gasteiger charge is -2.32. The number of benzene rings is 2. The Bertz CT molecular complexity index is 1200.